The summed E-state index contributed by atoms with van der Waals surface area (Å²) in [6.07, 6.45) is 4.12. The molecule has 1 aromatic rings. The van der Waals surface area contributed by atoms with E-state index in [1.54, 1.807) is 0 Å². The monoisotopic (exact) mass is 235 g/mol. The zero-order valence-corrected chi connectivity index (χ0v) is 10.8. The number of hydrogen-bond donors (Lipinski definition) is 2. The summed E-state index contributed by atoms with van der Waals surface area (Å²) in [5.41, 5.74) is 5.41. The molecule has 0 bridgehead atoms. The number of aliphatic hydroxyl groups excluding tert-OH is 1. The Morgan fingerprint density at radius 2 is 1.71 bits per heavy atom. The summed E-state index contributed by atoms with van der Waals surface area (Å²) >= 11 is 0. The van der Waals surface area contributed by atoms with Gasteiger partial charge in [-0.05, 0) is 41.5 Å². The second kappa shape index (κ2) is 6.40. The van der Waals surface area contributed by atoms with Gasteiger partial charge in [0.2, 0.25) is 0 Å². The van der Waals surface area contributed by atoms with E-state index in [0.29, 0.717) is 0 Å². The number of benzene rings is 1. The van der Waals surface area contributed by atoms with Crippen molar-refractivity contribution >= 4 is 6.21 Å². The second-order valence-corrected chi connectivity index (χ2v) is 4.03. The third-order valence-electron chi connectivity index (χ3n) is 3.23. The molecule has 3 heteroatoms. The van der Waals surface area contributed by atoms with Crippen molar-refractivity contribution < 1.29 is 10.3 Å². The maximum absolute atomic E-state index is 9.51. The minimum Gasteiger partial charge on any atom is -0.411 e. The molecule has 0 aromatic heterocycles. The van der Waals surface area contributed by atoms with Gasteiger partial charge in [-0.15, -0.1) is 0 Å². The van der Waals surface area contributed by atoms with Crippen LogP contribution < -0.4 is 0 Å². The first-order valence-electron chi connectivity index (χ1n) is 6.18. The smallest absolute Gasteiger partial charge is 0.0739 e. The number of oxime groups is 1. The molecule has 0 amide bonds. The van der Waals surface area contributed by atoms with Gasteiger partial charge >= 0.3 is 0 Å². The Labute approximate surface area is 103 Å². The van der Waals surface area contributed by atoms with Crippen molar-refractivity contribution in [1.82, 2.24) is 0 Å². The number of aryl methyl sites for hydroxylation is 2. The molecule has 17 heavy (non-hydrogen) atoms. The molecule has 0 unspecified atom stereocenters. The molecule has 0 aliphatic rings. The molecule has 0 aliphatic heterocycles. The minimum atomic E-state index is 0.0443. The lowest BCUT2D eigenvalue weighted by molar-refractivity contribution is 0.279. The van der Waals surface area contributed by atoms with Crippen LogP contribution in [0, 0.1) is 0 Å². The fourth-order valence-corrected chi connectivity index (χ4v) is 2.35. The van der Waals surface area contributed by atoms with E-state index >= 15 is 0 Å². The first-order valence-corrected chi connectivity index (χ1v) is 6.18. The highest BCUT2D eigenvalue weighted by Gasteiger charge is 2.13. The fourth-order valence-electron chi connectivity index (χ4n) is 2.35. The van der Waals surface area contributed by atoms with Gasteiger partial charge in [0.1, 0.15) is 0 Å². The Balaban J connectivity index is 3.55. The molecular formula is C14H21NO2. The second-order valence-electron chi connectivity index (χ2n) is 4.03. The average Bonchev–Trinajstić information content (AvgIpc) is 2.37. The Morgan fingerprint density at radius 3 is 2.12 bits per heavy atom. The van der Waals surface area contributed by atoms with Crippen LogP contribution in [-0.2, 0) is 25.9 Å². The van der Waals surface area contributed by atoms with Crippen molar-refractivity contribution in [3.05, 3.63) is 33.9 Å². The normalized spacial score (nSPS) is 11.3. The summed E-state index contributed by atoms with van der Waals surface area (Å²) in [6.45, 7) is 6.28. The SMILES string of the molecule is CCc1cc(CC)c(CO)c(CC)c1/C=N/O. The van der Waals surface area contributed by atoms with Gasteiger partial charge in [0.25, 0.3) is 0 Å². The predicted molar refractivity (Wildman–Crippen MR) is 69.9 cm³/mol. The summed E-state index contributed by atoms with van der Waals surface area (Å²) in [4.78, 5) is 0. The van der Waals surface area contributed by atoms with Crippen molar-refractivity contribution in [3.63, 3.8) is 0 Å². The molecule has 2 N–H and O–H groups in total. The lowest BCUT2D eigenvalue weighted by Gasteiger charge is -2.17. The fraction of sp³-hybridized carbons (Fsp3) is 0.500. The maximum Gasteiger partial charge on any atom is 0.0739 e. The van der Waals surface area contributed by atoms with Crippen LogP contribution in [-0.4, -0.2) is 16.5 Å². The van der Waals surface area contributed by atoms with Gasteiger partial charge in [-0.3, -0.25) is 0 Å². The van der Waals surface area contributed by atoms with Gasteiger partial charge in [0, 0.05) is 5.56 Å². The highest BCUT2D eigenvalue weighted by Crippen LogP contribution is 2.24. The van der Waals surface area contributed by atoms with Gasteiger partial charge in [-0.2, -0.15) is 0 Å². The summed E-state index contributed by atoms with van der Waals surface area (Å²) in [6, 6.07) is 2.11. The zero-order valence-electron chi connectivity index (χ0n) is 10.8. The van der Waals surface area contributed by atoms with Crippen LogP contribution in [0.3, 0.4) is 0 Å². The van der Waals surface area contributed by atoms with E-state index in [4.69, 9.17) is 5.21 Å². The van der Waals surface area contributed by atoms with Crippen molar-refractivity contribution in [2.75, 3.05) is 0 Å². The Bertz CT molecular complexity index is 411. The lowest BCUT2D eigenvalue weighted by Crippen LogP contribution is -2.07. The van der Waals surface area contributed by atoms with Crippen molar-refractivity contribution in [3.8, 4) is 0 Å². The minimum absolute atomic E-state index is 0.0443. The van der Waals surface area contributed by atoms with Crippen molar-refractivity contribution in [2.24, 2.45) is 5.16 Å². The van der Waals surface area contributed by atoms with E-state index < -0.39 is 0 Å². The van der Waals surface area contributed by atoms with Gasteiger partial charge in [-0.25, -0.2) is 0 Å². The van der Waals surface area contributed by atoms with Gasteiger partial charge < -0.3 is 10.3 Å². The summed E-state index contributed by atoms with van der Waals surface area (Å²) < 4.78 is 0. The van der Waals surface area contributed by atoms with Gasteiger partial charge in [0.15, 0.2) is 0 Å². The van der Waals surface area contributed by atoms with Gasteiger partial charge in [0.05, 0.1) is 12.8 Å². The van der Waals surface area contributed by atoms with Crippen molar-refractivity contribution in [2.45, 2.75) is 46.6 Å². The van der Waals surface area contributed by atoms with E-state index in [1.165, 1.54) is 17.3 Å². The highest BCUT2D eigenvalue weighted by molar-refractivity contribution is 5.84. The molecule has 0 atom stereocenters. The molecule has 1 aromatic carbocycles. The molecule has 1 rings (SSSR count). The third-order valence-corrected chi connectivity index (χ3v) is 3.23. The van der Waals surface area contributed by atoms with E-state index in [1.807, 2.05) is 0 Å². The number of nitrogens with zero attached hydrogens (tertiary/aromatic N) is 1. The molecule has 3 nitrogen and oxygen atoms in total. The van der Waals surface area contributed by atoms with Crippen LogP contribution in [0.5, 0.6) is 0 Å². The molecule has 94 valence electrons. The van der Waals surface area contributed by atoms with Gasteiger partial charge in [-0.1, -0.05) is 32.0 Å². The maximum atomic E-state index is 9.51. The zero-order chi connectivity index (χ0) is 12.8. The van der Waals surface area contributed by atoms with Crippen LogP contribution in [0.1, 0.15) is 48.6 Å². The topological polar surface area (TPSA) is 52.8 Å². The largest absolute Gasteiger partial charge is 0.411 e. The Kier molecular flexibility index (Phi) is 5.16. The molecule has 0 heterocycles. The first kappa shape index (κ1) is 13.7. The highest BCUT2D eigenvalue weighted by atomic mass is 16.4. The van der Waals surface area contributed by atoms with Crippen LogP contribution in [0.15, 0.2) is 11.2 Å². The Morgan fingerprint density at radius 1 is 1.06 bits per heavy atom. The summed E-state index contributed by atoms with van der Waals surface area (Å²) in [7, 11) is 0. The molecule has 0 radical (unpaired) electrons. The van der Waals surface area contributed by atoms with Crippen LogP contribution in [0.4, 0.5) is 0 Å². The van der Waals surface area contributed by atoms with E-state index in [9.17, 15) is 5.11 Å². The molecule has 0 fully saturated rings. The van der Waals surface area contributed by atoms with Crippen LogP contribution in [0.2, 0.25) is 0 Å². The van der Waals surface area contributed by atoms with E-state index in [2.05, 4.69) is 32.0 Å². The molecule has 0 saturated carbocycles. The molecule has 0 aliphatic carbocycles. The number of hydrogen-bond acceptors (Lipinski definition) is 3. The van der Waals surface area contributed by atoms with E-state index in [0.717, 1.165) is 36.0 Å². The van der Waals surface area contributed by atoms with Crippen LogP contribution >= 0.6 is 0 Å². The predicted octanol–water partition coefficient (Wildman–Crippen LogP) is 2.67. The summed E-state index contributed by atoms with van der Waals surface area (Å²) in [5.74, 6) is 0. The lowest BCUT2D eigenvalue weighted by atomic mass is 9.89. The molecule has 0 spiro atoms. The molecular weight excluding hydrogens is 214 g/mol. The quantitative estimate of drug-likeness (QED) is 0.468. The average molecular weight is 235 g/mol. The summed E-state index contributed by atoms with van der Waals surface area (Å²) in [5, 5.41) is 21.4. The number of aliphatic hydroxyl groups is 1. The van der Waals surface area contributed by atoms with Crippen molar-refractivity contribution in [1.29, 1.82) is 0 Å². The van der Waals surface area contributed by atoms with E-state index in [-0.39, 0.29) is 6.61 Å². The standard InChI is InChI=1S/C14H21NO2/c1-4-10-7-11(5-2)14(9-16)12(6-3)13(10)8-15-17/h7-8,16-17H,4-6,9H2,1-3H3/b15-8+. The number of rotatable bonds is 5. The molecule has 0 saturated heterocycles. The third kappa shape index (κ3) is 2.67. The van der Waals surface area contributed by atoms with Crippen LogP contribution in [0.25, 0.3) is 0 Å². The first-order chi connectivity index (χ1) is 8.23. The Hall–Kier alpha value is -1.35.